The van der Waals surface area contributed by atoms with Gasteiger partial charge in [0.1, 0.15) is 5.54 Å². The van der Waals surface area contributed by atoms with E-state index in [1.54, 1.807) is 11.1 Å². The molecule has 2 amide bonds. The molecule has 114 valence electrons. The number of rotatable bonds is 2. The van der Waals surface area contributed by atoms with E-state index < -0.39 is 5.54 Å². The first-order valence-corrected chi connectivity index (χ1v) is 7.69. The van der Waals surface area contributed by atoms with Crippen molar-refractivity contribution < 1.29 is 9.59 Å². The molecule has 1 saturated heterocycles. The highest BCUT2D eigenvalue weighted by Gasteiger charge is 2.46. The Kier molecular flexibility index (Phi) is 3.47. The van der Waals surface area contributed by atoms with Gasteiger partial charge in [-0.2, -0.15) is 5.10 Å². The van der Waals surface area contributed by atoms with Crippen LogP contribution in [0.2, 0.25) is 0 Å². The summed E-state index contributed by atoms with van der Waals surface area (Å²) in [5.74, 6) is -0.00171. The van der Waals surface area contributed by atoms with Crippen molar-refractivity contribution in [1.29, 1.82) is 0 Å². The van der Waals surface area contributed by atoms with Crippen molar-refractivity contribution >= 4 is 17.5 Å². The topological polar surface area (TPSA) is 67.2 Å². The highest BCUT2D eigenvalue weighted by Crippen LogP contribution is 2.34. The van der Waals surface area contributed by atoms with E-state index in [1.165, 1.54) is 0 Å². The molecule has 1 aliphatic heterocycles. The van der Waals surface area contributed by atoms with Crippen LogP contribution < -0.4 is 10.2 Å². The summed E-state index contributed by atoms with van der Waals surface area (Å²) in [6.45, 7) is 4.52. The maximum atomic E-state index is 13.0. The van der Waals surface area contributed by atoms with Crippen molar-refractivity contribution in [3.8, 4) is 0 Å². The molecule has 2 fully saturated rings. The van der Waals surface area contributed by atoms with E-state index in [1.807, 2.05) is 24.7 Å². The van der Waals surface area contributed by atoms with Crippen molar-refractivity contribution in [2.24, 2.45) is 0 Å². The standard InChI is InChI=1S/C15H22N4O2/c1-11(2)19-10-12(9-16-19)18-8-5-13(20)17-15(14(18)21)6-3-4-7-15/h9-11H,3-8H2,1-2H3,(H,17,20). The SMILES string of the molecule is CC(C)n1cc(N2CCC(=O)NC3(CCCC3)C2=O)cn1. The molecular weight excluding hydrogens is 268 g/mol. The Labute approximate surface area is 124 Å². The van der Waals surface area contributed by atoms with Crippen LogP contribution in [-0.4, -0.2) is 33.7 Å². The van der Waals surface area contributed by atoms with E-state index >= 15 is 0 Å². The number of hydrogen-bond acceptors (Lipinski definition) is 3. The van der Waals surface area contributed by atoms with Gasteiger partial charge in [0, 0.05) is 25.2 Å². The number of anilines is 1. The molecule has 6 nitrogen and oxygen atoms in total. The summed E-state index contributed by atoms with van der Waals surface area (Å²) in [5.41, 5.74) is 0.101. The van der Waals surface area contributed by atoms with Crippen LogP contribution in [0.25, 0.3) is 0 Å². The van der Waals surface area contributed by atoms with E-state index in [0.29, 0.717) is 13.0 Å². The first-order valence-electron chi connectivity index (χ1n) is 7.69. The van der Waals surface area contributed by atoms with Gasteiger partial charge >= 0.3 is 0 Å². The molecule has 0 bridgehead atoms. The summed E-state index contributed by atoms with van der Waals surface area (Å²) < 4.78 is 1.84. The van der Waals surface area contributed by atoms with Crippen LogP contribution in [0, 0.1) is 0 Å². The minimum atomic E-state index is -0.687. The maximum Gasteiger partial charge on any atom is 0.252 e. The Morgan fingerprint density at radius 3 is 2.62 bits per heavy atom. The normalized spacial score (nSPS) is 22.0. The highest BCUT2D eigenvalue weighted by atomic mass is 16.2. The summed E-state index contributed by atoms with van der Waals surface area (Å²) >= 11 is 0. The van der Waals surface area contributed by atoms with Gasteiger partial charge in [-0.3, -0.25) is 14.3 Å². The molecule has 2 aliphatic rings. The van der Waals surface area contributed by atoms with E-state index in [2.05, 4.69) is 10.4 Å². The summed E-state index contributed by atoms with van der Waals surface area (Å²) in [7, 11) is 0. The molecule has 0 aromatic carbocycles. The molecule has 1 aromatic heterocycles. The number of aromatic nitrogens is 2. The minimum Gasteiger partial charge on any atom is -0.342 e. The van der Waals surface area contributed by atoms with Crippen molar-refractivity contribution in [1.82, 2.24) is 15.1 Å². The van der Waals surface area contributed by atoms with Crippen LogP contribution >= 0.6 is 0 Å². The van der Waals surface area contributed by atoms with E-state index in [9.17, 15) is 9.59 Å². The van der Waals surface area contributed by atoms with E-state index in [0.717, 1.165) is 31.4 Å². The molecule has 2 heterocycles. The Morgan fingerprint density at radius 1 is 1.29 bits per heavy atom. The van der Waals surface area contributed by atoms with Gasteiger partial charge in [0.05, 0.1) is 11.9 Å². The number of nitrogens with one attached hydrogen (secondary N) is 1. The van der Waals surface area contributed by atoms with Crippen LogP contribution in [0.3, 0.4) is 0 Å². The fraction of sp³-hybridized carbons (Fsp3) is 0.667. The molecule has 3 rings (SSSR count). The number of nitrogens with zero attached hydrogens (tertiary/aromatic N) is 3. The van der Waals surface area contributed by atoms with Gasteiger partial charge in [-0.25, -0.2) is 0 Å². The molecule has 1 saturated carbocycles. The lowest BCUT2D eigenvalue weighted by Gasteiger charge is -2.31. The first-order chi connectivity index (χ1) is 10.0. The summed E-state index contributed by atoms with van der Waals surface area (Å²) in [6.07, 6.45) is 7.42. The van der Waals surface area contributed by atoms with Crippen molar-refractivity contribution in [3.05, 3.63) is 12.4 Å². The second kappa shape index (κ2) is 5.16. The second-order valence-corrected chi connectivity index (χ2v) is 6.32. The smallest absolute Gasteiger partial charge is 0.252 e. The number of amides is 2. The zero-order valence-corrected chi connectivity index (χ0v) is 12.6. The van der Waals surface area contributed by atoms with Crippen LogP contribution in [-0.2, 0) is 9.59 Å². The van der Waals surface area contributed by atoms with Crippen LogP contribution in [0.4, 0.5) is 5.69 Å². The quantitative estimate of drug-likeness (QED) is 0.900. The van der Waals surface area contributed by atoms with Crippen LogP contribution in [0.15, 0.2) is 12.4 Å². The van der Waals surface area contributed by atoms with Gasteiger partial charge in [0.2, 0.25) is 5.91 Å². The Bertz CT molecular complexity index is 558. The average molecular weight is 290 g/mol. The lowest BCUT2D eigenvalue weighted by atomic mass is 9.96. The maximum absolute atomic E-state index is 13.0. The molecule has 0 radical (unpaired) electrons. The summed E-state index contributed by atoms with van der Waals surface area (Å²) in [6, 6.07) is 0.251. The third-order valence-corrected chi connectivity index (χ3v) is 4.48. The molecule has 1 aromatic rings. The van der Waals surface area contributed by atoms with Crippen LogP contribution in [0.5, 0.6) is 0 Å². The summed E-state index contributed by atoms with van der Waals surface area (Å²) in [5, 5.41) is 7.28. The minimum absolute atomic E-state index is 0.0224. The molecule has 6 heteroatoms. The van der Waals surface area contributed by atoms with Gasteiger partial charge < -0.3 is 10.2 Å². The summed E-state index contributed by atoms with van der Waals surface area (Å²) in [4.78, 5) is 26.7. The fourth-order valence-corrected chi connectivity index (χ4v) is 3.27. The van der Waals surface area contributed by atoms with Crippen LogP contribution in [0.1, 0.15) is 52.0 Å². The number of carbonyl (C=O) groups is 2. The molecule has 0 atom stereocenters. The molecular formula is C15H22N4O2. The van der Waals surface area contributed by atoms with Crippen molar-refractivity contribution in [3.63, 3.8) is 0 Å². The average Bonchev–Trinajstić information content (AvgIpc) is 3.06. The lowest BCUT2D eigenvalue weighted by molar-refractivity contribution is -0.129. The highest BCUT2D eigenvalue weighted by molar-refractivity contribution is 6.04. The second-order valence-electron chi connectivity index (χ2n) is 6.32. The Hall–Kier alpha value is -1.85. The third-order valence-electron chi connectivity index (χ3n) is 4.48. The van der Waals surface area contributed by atoms with Gasteiger partial charge in [0.25, 0.3) is 5.91 Å². The largest absolute Gasteiger partial charge is 0.342 e. The van der Waals surface area contributed by atoms with Gasteiger partial charge in [-0.1, -0.05) is 12.8 Å². The van der Waals surface area contributed by atoms with Gasteiger partial charge in [0.15, 0.2) is 0 Å². The number of hydrogen-bond donors (Lipinski definition) is 1. The van der Waals surface area contributed by atoms with Crippen molar-refractivity contribution in [2.75, 3.05) is 11.4 Å². The van der Waals surface area contributed by atoms with E-state index in [4.69, 9.17) is 0 Å². The molecule has 1 aliphatic carbocycles. The predicted octanol–water partition coefficient (Wildman–Crippen LogP) is 1.63. The molecule has 21 heavy (non-hydrogen) atoms. The lowest BCUT2D eigenvalue weighted by Crippen LogP contribution is -2.55. The number of carbonyl (C=O) groups excluding carboxylic acids is 2. The van der Waals surface area contributed by atoms with Gasteiger partial charge in [-0.15, -0.1) is 0 Å². The first kappa shape index (κ1) is 14.1. The molecule has 0 unspecified atom stereocenters. The van der Waals surface area contributed by atoms with E-state index in [-0.39, 0.29) is 17.9 Å². The molecule has 1 spiro atoms. The Balaban J connectivity index is 1.92. The third kappa shape index (κ3) is 2.43. The van der Waals surface area contributed by atoms with Crippen molar-refractivity contribution in [2.45, 2.75) is 57.5 Å². The fourth-order valence-electron chi connectivity index (χ4n) is 3.27. The molecule has 1 N–H and O–H groups in total. The van der Waals surface area contributed by atoms with Gasteiger partial charge in [-0.05, 0) is 26.7 Å². The zero-order valence-electron chi connectivity index (χ0n) is 12.6. The zero-order chi connectivity index (χ0) is 15.0. The Morgan fingerprint density at radius 2 is 2.00 bits per heavy atom. The monoisotopic (exact) mass is 290 g/mol. The predicted molar refractivity (Wildman–Crippen MR) is 78.9 cm³/mol.